The Labute approximate surface area is 92.0 Å². The third-order valence-electron chi connectivity index (χ3n) is 1.95. The van der Waals surface area contributed by atoms with E-state index in [0.717, 1.165) is 5.69 Å². The zero-order valence-corrected chi connectivity index (χ0v) is 9.05. The molecule has 0 saturated heterocycles. The van der Waals surface area contributed by atoms with Crippen molar-refractivity contribution in [2.45, 2.75) is 18.9 Å². The molecule has 0 atom stereocenters. The summed E-state index contributed by atoms with van der Waals surface area (Å²) in [6.07, 6.45) is 2.41. The lowest BCUT2D eigenvalue weighted by Crippen LogP contribution is -2.01. The SMILES string of the molecule is Clc1cc(Cl)c(NC2CC2)cc1Cl. The maximum atomic E-state index is 5.97. The van der Waals surface area contributed by atoms with Crippen molar-refractivity contribution in [2.24, 2.45) is 0 Å². The zero-order valence-electron chi connectivity index (χ0n) is 6.78. The van der Waals surface area contributed by atoms with Crippen LogP contribution < -0.4 is 5.32 Å². The van der Waals surface area contributed by atoms with Gasteiger partial charge in [-0.05, 0) is 25.0 Å². The molecule has 0 heterocycles. The van der Waals surface area contributed by atoms with Gasteiger partial charge in [0.2, 0.25) is 0 Å². The third-order valence-corrected chi connectivity index (χ3v) is 2.98. The first kappa shape index (κ1) is 9.45. The normalized spacial score (nSPS) is 15.9. The topological polar surface area (TPSA) is 12.0 Å². The van der Waals surface area contributed by atoms with Crippen LogP contribution in [0, 0.1) is 0 Å². The standard InChI is InChI=1S/C9H8Cl3N/c10-6-3-8(12)9(4-7(6)11)13-5-1-2-5/h3-5,13H,1-2H2. The summed E-state index contributed by atoms with van der Waals surface area (Å²) >= 11 is 17.6. The van der Waals surface area contributed by atoms with Crippen molar-refractivity contribution in [3.05, 3.63) is 27.2 Å². The van der Waals surface area contributed by atoms with E-state index in [0.29, 0.717) is 21.1 Å². The van der Waals surface area contributed by atoms with Gasteiger partial charge in [-0.3, -0.25) is 0 Å². The molecule has 13 heavy (non-hydrogen) atoms. The van der Waals surface area contributed by atoms with Crippen LogP contribution in [-0.4, -0.2) is 6.04 Å². The quantitative estimate of drug-likeness (QED) is 0.758. The van der Waals surface area contributed by atoms with Gasteiger partial charge in [0.05, 0.1) is 20.8 Å². The molecule has 4 heteroatoms. The highest BCUT2D eigenvalue weighted by Gasteiger charge is 2.22. The molecule has 0 aromatic heterocycles. The van der Waals surface area contributed by atoms with E-state index in [1.807, 2.05) is 0 Å². The molecule has 1 aromatic rings. The van der Waals surface area contributed by atoms with Crippen LogP contribution in [0.15, 0.2) is 12.1 Å². The maximum Gasteiger partial charge on any atom is 0.0653 e. The van der Waals surface area contributed by atoms with Crippen molar-refractivity contribution in [3.8, 4) is 0 Å². The van der Waals surface area contributed by atoms with Crippen molar-refractivity contribution < 1.29 is 0 Å². The molecule has 1 aliphatic carbocycles. The van der Waals surface area contributed by atoms with Crippen molar-refractivity contribution in [2.75, 3.05) is 5.32 Å². The Morgan fingerprint density at radius 1 is 1.00 bits per heavy atom. The minimum atomic E-state index is 0.494. The lowest BCUT2D eigenvalue weighted by atomic mass is 10.3. The van der Waals surface area contributed by atoms with E-state index in [-0.39, 0.29) is 0 Å². The van der Waals surface area contributed by atoms with E-state index in [4.69, 9.17) is 34.8 Å². The number of anilines is 1. The summed E-state index contributed by atoms with van der Waals surface area (Å²) in [7, 11) is 0. The van der Waals surface area contributed by atoms with Crippen molar-refractivity contribution >= 4 is 40.5 Å². The van der Waals surface area contributed by atoms with Gasteiger partial charge < -0.3 is 5.32 Å². The average molecular weight is 237 g/mol. The Balaban J connectivity index is 2.27. The highest BCUT2D eigenvalue weighted by Crippen LogP contribution is 2.35. The molecule has 0 radical (unpaired) electrons. The predicted molar refractivity (Wildman–Crippen MR) is 58.1 cm³/mol. The second-order valence-electron chi connectivity index (χ2n) is 3.16. The molecule has 1 N–H and O–H groups in total. The largest absolute Gasteiger partial charge is 0.381 e. The number of nitrogens with one attached hydrogen (secondary N) is 1. The smallest absolute Gasteiger partial charge is 0.0653 e. The highest BCUT2D eigenvalue weighted by molar-refractivity contribution is 6.44. The monoisotopic (exact) mass is 235 g/mol. The van der Waals surface area contributed by atoms with Gasteiger partial charge in [0.25, 0.3) is 0 Å². The third kappa shape index (κ3) is 2.22. The second kappa shape index (κ2) is 3.56. The number of halogens is 3. The Kier molecular flexibility index (Phi) is 2.59. The first-order valence-corrected chi connectivity index (χ1v) is 5.21. The molecule has 70 valence electrons. The summed E-state index contributed by atoms with van der Waals surface area (Å²) in [5.41, 5.74) is 0.874. The molecule has 0 unspecified atom stereocenters. The van der Waals surface area contributed by atoms with Crippen LogP contribution in [0.3, 0.4) is 0 Å². The number of rotatable bonds is 2. The van der Waals surface area contributed by atoms with Crippen molar-refractivity contribution in [3.63, 3.8) is 0 Å². The van der Waals surface area contributed by atoms with E-state index in [1.54, 1.807) is 12.1 Å². The van der Waals surface area contributed by atoms with Crippen LogP contribution in [0.2, 0.25) is 15.1 Å². The second-order valence-corrected chi connectivity index (χ2v) is 4.39. The summed E-state index contributed by atoms with van der Waals surface area (Å²) in [4.78, 5) is 0. The molecular formula is C9H8Cl3N. The minimum absolute atomic E-state index is 0.494. The Morgan fingerprint density at radius 3 is 2.23 bits per heavy atom. The molecular weight excluding hydrogens is 228 g/mol. The molecule has 1 aromatic carbocycles. The Hall–Kier alpha value is -0.110. The molecule has 0 bridgehead atoms. The van der Waals surface area contributed by atoms with Crippen LogP contribution >= 0.6 is 34.8 Å². The number of hydrogen-bond acceptors (Lipinski definition) is 1. The zero-order chi connectivity index (χ0) is 9.42. The summed E-state index contributed by atoms with van der Waals surface area (Å²) < 4.78 is 0. The van der Waals surface area contributed by atoms with E-state index < -0.39 is 0 Å². The summed E-state index contributed by atoms with van der Waals surface area (Å²) in [5, 5.41) is 4.93. The summed E-state index contributed by atoms with van der Waals surface area (Å²) in [5.74, 6) is 0. The van der Waals surface area contributed by atoms with Gasteiger partial charge in [-0.2, -0.15) is 0 Å². The van der Waals surface area contributed by atoms with Crippen molar-refractivity contribution in [1.82, 2.24) is 0 Å². The maximum absolute atomic E-state index is 5.97. The molecule has 0 spiro atoms. The number of benzene rings is 1. The minimum Gasteiger partial charge on any atom is -0.381 e. The van der Waals surface area contributed by atoms with E-state index >= 15 is 0 Å². The first-order chi connectivity index (χ1) is 6.16. The van der Waals surface area contributed by atoms with Crippen LogP contribution in [0.4, 0.5) is 5.69 Å². The lowest BCUT2D eigenvalue weighted by molar-refractivity contribution is 1.16. The molecule has 2 rings (SSSR count). The van der Waals surface area contributed by atoms with Crippen LogP contribution in [0.1, 0.15) is 12.8 Å². The van der Waals surface area contributed by atoms with Gasteiger partial charge in [-0.1, -0.05) is 34.8 Å². The van der Waals surface area contributed by atoms with Gasteiger partial charge in [0.15, 0.2) is 0 Å². The van der Waals surface area contributed by atoms with Gasteiger partial charge >= 0.3 is 0 Å². The molecule has 0 amide bonds. The molecule has 1 aliphatic rings. The van der Waals surface area contributed by atoms with Gasteiger partial charge in [-0.25, -0.2) is 0 Å². The van der Waals surface area contributed by atoms with Crippen LogP contribution in [-0.2, 0) is 0 Å². The highest BCUT2D eigenvalue weighted by atomic mass is 35.5. The molecule has 1 nitrogen and oxygen atoms in total. The van der Waals surface area contributed by atoms with E-state index in [2.05, 4.69) is 5.32 Å². The first-order valence-electron chi connectivity index (χ1n) is 4.08. The fourth-order valence-electron chi connectivity index (χ4n) is 1.08. The van der Waals surface area contributed by atoms with E-state index in [1.165, 1.54) is 12.8 Å². The van der Waals surface area contributed by atoms with Gasteiger partial charge in [-0.15, -0.1) is 0 Å². The van der Waals surface area contributed by atoms with Gasteiger partial charge in [0.1, 0.15) is 0 Å². The van der Waals surface area contributed by atoms with Crippen LogP contribution in [0.25, 0.3) is 0 Å². The Bertz CT molecular complexity index is 334. The van der Waals surface area contributed by atoms with Crippen molar-refractivity contribution in [1.29, 1.82) is 0 Å². The van der Waals surface area contributed by atoms with E-state index in [9.17, 15) is 0 Å². The molecule has 1 fully saturated rings. The van der Waals surface area contributed by atoms with Crippen LogP contribution in [0.5, 0.6) is 0 Å². The average Bonchev–Trinajstić information content (AvgIpc) is 2.84. The van der Waals surface area contributed by atoms with Gasteiger partial charge in [0, 0.05) is 6.04 Å². The molecule has 1 saturated carbocycles. The number of hydrogen-bond donors (Lipinski definition) is 1. The molecule has 0 aliphatic heterocycles. The fourth-order valence-corrected chi connectivity index (χ4v) is 1.68. The predicted octanol–water partition coefficient (Wildman–Crippen LogP) is 4.22. The summed E-state index contributed by atoms with van der Waals surface area (Å²) in [6.45, 7) is 0. The lowest BCUT2D eigenvalue weighted by Gasteiger charge is -2.08. The Morgan fingerprint density at radius 2 is 1.62 bits per heavy atom. The fraction of sp³-hybridized carbons (Fsp3) is 0.333. The summed E-state index contributed by atoms with van der Waals surface area (Å²) in [6, 6.07) is 4.00.